The minimum Gasteiger partial charge on any atom is -0.478 e. The van der Waals surface area contributed by atoms with Gasteiger partial charge in [0.15, 0.2) is 0 Å². The standard InChI is InChI=1S/C18H18N4O2/c1-11-15(7-4-12-2-5-13(6-3-12)17(19)20)21-16-10-14(18(23)24)8-9-22(11)16/h2-3,5-6,8-10H,4,7H2,1H3,(H3,19,20)(H,23,24). The number of rotatable bonds is 5. The molecule has 0 aliphatic carbocycles. The summed E-state index contributed by atoms with van der Waals surface area (Å²) in [6.45, 7) is 1.98. The van der Waals surface area contributed by atoms with Gasteiger partial charge in [-0.25, -0.2) is 9.78 Å². The van der Waals surface area contributed by atoms with Crippen LogP contribution in [0.5, 0.6) is 0 Å². The van der Waals surface area contributed by atoms with Crippen LogP contribution in [0.25, 0.3) is 5.65 Å². The third kappa shape index (κ3) is 2.99. The van der Waals surface area contributed by atoms with Crippen molar-refractivity contribution < 1.29 is 9.90 Å². The quantitative estimate of drug-likeness (QED) is 0.495. The minimum absolute atomic E-state index is 0.0620. The lowest BCUT2D eigenvalue weighted by molar-refractivity contribution is 0.0697. The second-order valence-corrected chi connectivity index (χ2v) is 5.70. The number of aryl methyl sites for hydroxylation is 3. The Balaban J connectivity index is 1.81. The largest absolute Gasteiger partial charge is 0.478 e. The van der Waals surface area contributed by atoms with Crippen molar-refractivity contribution in [1.82, 2.24) is 9.38 Å². The number of carbonyl (C=O) groups is 1. The van der Waals surface area contributed by atoms with E-state index in [-0.39, 0.29) is 11.4 Å². The van der Waals surface area contributed by atoms with Gasteiger partial charge in [0.2, 0.25) is 0 Å². The second-order valence-electron chi connectivity index (χ2n) is 5.70. The van der Waals surface area contributed by atoms with E-state index in [1.807, 2.05) is 35.6 Å². The van der Waals surface area contributed by atoms with Crippen LogP contribution < -0.4 is 5.73 Å². The predicted molar refractivity (Wildman–Crippen MR) is 91.8 cm³/mol. The molecule has 0 bridgehead atoms. The van der Waals surface area contributed by atoms with Crippen LogP contribution in [0.1, 0.15) is 32.9 Å². The van der Waals surface area contributed by atoms with Gasteiger partial charge >= 0.3 is 5.97 Å². The molecule has 122 valence electrons. The number of carboxylic acids is 1. The van der Waals surface area contributed by atoms with Crippen molar-refractivity contribution in [3.05, 3.63) is 70.7 Å². The summed E-state index contributed by atoms with van der Waals surface area (Å²) >= 11 is 0. The summed E-state index contributed by atoms with van der Waals surface area (Å²) in [5, 5.41) is 16.5. The Morgan fingerprint density at radius 3 is 2.54 bits per heavy atom. The smallest absolute Gasteiger partial charge is 0.335 e. The van der Waals surface area contributed by atoms with E-state index in [1.54, 1.807) is 18.3 Å². The van der Waals surface area contributed by atoms with Crippen molar-refractivity contribution in [2.75, 3.05) is 0 Å². The van der Waals surface area contributed by atoms with Gasteiger partial charge in [0.1, 0.15) is 11.5 Å². The molecule has 3 aromatic rings. The van der Waals surface area contributed by atoms with Crippen molar-refractivity contribution in [2.45, 2.75) is 19.8 Å². The number of amidine groups is 1. The van der Waals surface area contributed by atoms with E-state index in [2.05, 4.69) is 4.98 Å². The molecule has 0 amide bonds. The number of nitrogens with one attached hydrogen (secondary N) is 1. The number of nitrogen functional groups attached to an aromatic ring is 1. The highest BCUT2D eigenvalue weighted by Gasteiger charge is 2.11. The Hall–Kier alpha value is -3.15. The lowest BCUT2D eigenvalue weighted by Gasteiger charge is -2.03. The van der Waals surface area contributed by atoms with Crippen LogP contribution in [0.2, 0.25) is 0 Å². The molecule has 24 heavy (non-hydrogen) atoms. The number of imidazole rings is 1. The Morgan fingerprint density at radius 2 is 1.92 bits per heavy atom. The molecule has 0 aliphatic rings. The summed E-state index contributed by atoms with van der Waals surface area (Å²) in [6.07, 6.45) is 3.32. The molecule has 2 aromatic heterocycles. The zero-order chi connectivity index (χ0) is 17.3. The zero-order valence-electron chi connectivity index (χ0n) is 13.3. The Labute approximate surface area is 139 Å². The number of pyridine rings is 1. The summed E-state index contributed by atoms with van der Waals surface area (Å²) in [5.41, 5.74) is 10.2. The van der Waals surface area contributed by atoms with Crippen LogP contribution in [0, 0.1) is 12.3 Å². The van der Waals surface area contributed by atoms with Gasteiger partial charge in [0.05, 0.1) is 11.3 Å². The van der Waals surface area contributed by atoms with Crippen LogP contribution >= 0.6 is 0 Å². The number of nitrogens with two attached hydrogens (primary N) is 1. The predicted octanol–water partition coefficient (Wildman–Crippen LogP) is 2.41. The third-order valence-electron chi connectivity index (χ3n) is 4.13. The molecule has 4 N–H and O–H groups in total. The molecule has 0 spiro atoms. The fourth-order valence-electron chi connectivity index (χ4n) is 2.70. The van der Waals surface area contributed by atoms with Gasteiger partial charge in [-0.1, -0.05) is 24.3 Å². The molecule has 6 heteroatoms. The van der Waals surface area contributed by atoms with Crippen molar-refractivity contribution >= 4 is 17.5 Å². The second kappa shape index (κ2) is 6.16. The maximum absolute atomic E-state index is 11.1. The number of hydrogen-bond donors (Lipinski definition) is 3. The van der Waals surface area contributed by atoms with Gasteiger partial charge in [-0.05, 0) is 37.5 Å². The van der Waals surface area contributed by atoms with Gasteiger partial charge in [-0.15, -0.1) is 0 Å². The topological polar surface area (TPSA) is 104 Å². The molecule has 0 fully saturated rings. The number of aromatic nitrogens is 2. The van der Waals surface area contributed by atoms with Gasteiger partial charge in [-0.3, -0.25) is 5.41 Å². The van der Waals surface area contributed by atoms with Gasteiger partial charge in [0, 0.05) is 17.5 Å². The van der Waals surface area contributed by atoms with E-state index in [0.29, 0.717) is 11.2 Å². The maximum Gasteiger partial charge on any atom is 0.335 e. The number of fused-ring (bicyclic) bond motifs is 1. The highest BCUT2D eigenvalue weighted by Crippen LogP contribution is 2.16. The first-order chi connectivity index (χ1) is 11.5. The normalized spacial score (nSPS) is 10.9. The average molecular weight is 322 g/mol. The zero-order valence-corrected chi connectivity index (χ0v) is 13.3. The average Bonchev–Trinajstić information content (AvgIpc) is 2.89. The number of nitrogens with zero attached hydrogens (tertiary/aromatic N) is 2. The van der Waals surface area contributed by atoms with Crippen LogP contribution in [0.15, 0.2) is 42.6 Å². The van der Waals surface area contributed by atoms with Crippen LogP contribution in [0.4, 0.5) is 0 Å². The van der Waals surface area contributed by atoms with E-state index < -0.39 is 5.97 Å². The van der Waals surface area contributed by atoms with Crippen LogP contribution in [0.3, 0.4) is 0 Å². The van der Waals surface area contributed by atoms with Crippen molar-refractivity contribution in [3.8, 4) is 0 Å². The van der Waals surface area contributed by atoms with Crippen LogP contribution in [-0.4, -0.2) is 26.3 Å². The van der Waals surface area contributed by atoms with E-state index >= 15 is 0 Å². The maximum atomic E-state index is 11.1. The monoisotopic (exact) mass is 322 g/mol. The summed E-state index contributed by atoms with van der Waals surface area (Å²) in [7, 11) is 0. The van der Waals surface area contributed by atoms with Gasteiger partial charge < -0.3 is 15.2 Å². The SMILES string of the molecule is Cc1c(CCc2ccc(C(=N)N)cc2)nc2cc(C(=O)O)ccn12. The van der Waals surface area contributed by atoms with Crippen molar-refractivity contribution in [3.63, 3.8) is 0 Å². The molecule has 0 saturated carbocycles. The Morgan fingerprint density at radius 1 is 1.21 bits per heavy atom. The van der Waals surface area contributed by atoms with Gasteiger partial charge in [0.25, 0.3) is 0 Å². The number of hydrogen-bond acceptors (Lipinski definition) is 3. The Bertz CT molecular complexity index is 926. The first-order valence-electron chi connectivity index (χ1n) is 7.60. The lowest BCUT2D eigenvalue weighted by atomic mass is 10.1. The van der Waals surface area contributed by atoms with E-state index in [9.17, 15) is 4.79 Å². The van der Waals surface area contributed by atoms with E-state index in [1.165, 1.54) is 0 Å². The van der Waals surface area contributed by atoms with Crippen LogP contribution in [-0.2, 0) is 12.8 Å². The highest BCUT2D eigenvalue weighted by atomic mass is 16.4. The summed E-state index contributed by atoms with van der Waals surface area (Å²) in [5.74, 6) is -0.891. The third-order valence-corrected chi connectivity index (χ3v) is 4.13. The molecule has 0 unspecified atom stereocenters. The van der Waals surface area contributed by atoms with Crippen molar-refractivity contribution in [2.24, 2.45) is 5.73 Å². The first-order valence-corrected chi connectivity index (χ1v) is 7.60. The Kier molecular flexibility index (Phi) is 4.04. The summed E-state index contributed by atoms with van der Waals surface area (Å²) in [6, 6.07) is 10.8. The fourth-order valence-corrected chi connectivity index (χ4v) is 2.70. The summed E-state index contributed by atoms with van der Waals surface area (Å²) in [4.78, 5) is 15.6. The molecule has 2 heterocycles. The highest BCUT2D eigenvalue weighted by molar-refractivity contribution is 5.94. The molecule has 0 aliphatic heterocycles. The molecular weight excluding hydrogens is 304 g/mol. The fraction of sp³-hybridized carbons (Fsp3) is 0.167. The van der Waals surface area contributed by atoms with Gasteiger partial charge in [-0.2, -0.15) is 0 Å². The number of benzene rings is 1. The van der Waals surface area contributed by atoms with Crippen molar-refractivity contribution in [1.29, 1.82) is 5.41 Å². The molecule has 3 rings (SSSR count). The number of carboxylic acid groups (broad SMARTS) is 1. The minimum atomic E-state index is -0.953. The molecular formula is C18H18N4O2. The molecule has 1 aromatic carbocycles. The molecule has 0 atom stereocenters. The lowest BCUT2D eigenvalue weighted by Crippen LogP contribution is -2.10. The molecule has 0 saturated heterocycles. The summed E-state index contributed by atoms with van der Waals surface area (Å²) < 4.78 is 1.90. The van der Waals surface area contributed by atoms with E-state index in [0.717, 1.165) is 29.8 Å². The molecule has 6 nitrogen and oxygen atoms in total. The molecule has 0 radical (unpaired) electrons. The van der Waals surface area contributed by atoms with E-state index in [4.69, 9.17) is 16.2 Å². The first kappa shape index (κ1) is 15.7. The number of aromatic carboxylic acids is 1.